The van der Waals surface area contributed by atoms with Crippen molar-refractivity contribution in [2.24, 2.45) is 0 Å². The van der Waals surface area contributed by atoms with Crippen LogP contribution < -0.4 is 0 Å². The minimum Gasteiger partial charge on any atom is -0.384 e. The molecule has 1 heterocycles. The number of nitrogens with zero attached hydrogens (tertiary/aromatic N) is 1. The molecule has 1 N–H and O–H groups in total. The number of aliphatic hydroxyl groups excluding tert-OH is 1. The lowest BCUT2D eigenvalue weighted by Gasteiger charge is -2.33. The first-order valence-corrected chi connectivity index (χ1v) is 7.88. The minimum absolute atomic E-state index is 0.0739. The van der Waals surface area contributed by atoms with Gasteiger partial charge in [0, 0.05) is 35.2 Å². The maximum Gasteiger partial charge on any atom is 0.254 e. The van der Waals surface area contributed by atoms with Gasteiger partial charge in [0.2, 0.25) is 0 Å². The van der Waals surface area contributed by atoms with Crippen molar-refractivity contribution in [2.75, 3.05) is 24.7 Å². The number of amides is 1. The second-order valence-corrected chi connectivity index (χ2v) is 6.06. The van der Waals surface area contributed by atoms with Gasteiger partial charge in [0.15, 0.2) is 0 Å². The van der Waals surface area contributed by atoms with Crippen molar-refractivity contribution in [3.8, 4) is 11.8 Å². The van der Waals surface area contributed by atoms with E-state index in [1.807, 2.05) is 41.8 Å². The molecule has 20 heavy (non-hydrogen) atoms. The summed E-state index contributed by atoms with van der Waals surface area (Å²) in [7, 11) is 0. The molecular formula is C16H19NO2S. The van der Waals surface area contributed by atoms with Crippen molar-refractivity contribution in [1.29, 1.82) is 0 Å². The average Bonchev–Trinajstić information content (AvgIpc) is 2.46. The highest BCUT2D eigenvalue weighted by molar-refractivity contribution is 7.99. The number of rotatable bonds is 1. The first-order valence-electron chi connectivity index (χ1n) is 6.72. The average molecular weight is 289 g/mol. The van der Waals surface area contributed by atoms with Gasteiger partial charge in [0.1, 0.15) is 6.61 Å². The fourth-order valence-electron chi connectivity index (χ4n) is 2.22. The summed E-state index contributed by atoms with van der Waals surface area (Å²) < 4.78 is 0. The Kier molecular flexibility index (Phi) is 5.11. The standard InChI is InChI=1S/C16H19NO2S/c1-12-5-6-15(10-14(12)4-3-8-18)16(19)17-7-9-20-11-13(17)2/h5-6,10,13,18H,7-9,11H2,1-2H3. The molecule has 0 aliphatic carbocycles. The number of carbonyl (C=O) groups excluding carboxylic acids is 1. The molecule has 1 aliphatic heterocycles. The molecule has 1 unspecified atom stereocenters. The molecule has 0 saturated carbocycles. The van der Waals surface area contributed by atoms with E-state index in [2.05, 4.69) is 18.8 Å². The minimum atomic E-state index is -0.169. The maximum atomic E-state index is 12.6. The molecule has 0 aromatic heterocycles. The molecule has 1 amide bonds. The van der Waals surface area contributed by atoms with Crippen LogP contribution in [0.2, 0.25) is 0 Å². The van der Waals surface area contributed by atoms with Crippen LogP contribution in [-0.2, 0) is 0 Å². The Balaban J connectivity index is 2.25. The second kappa shape index (κ2) is 6.83. The summed E-state index contributed by atoms with van der Waals surface area (Å²) >= 11 is 1.89. The van der Waals surface area contributed by atoms with Crippen molar-refractivity contribution in [3.05, 3.63) is 34.9 Å². The number of benzene rings is 1. The molecule has 1 saturated heterocycles. The monoisotopic (exact) mass is 289 g/mol. The summed E-state index contributed by atoms with van der Waals surface area (Å²) in [6.45, 7) is 4.68. The number of aryl methyl sites for hydroxylation is 1. The van der Waals surface area contributed by atoms with Gasteiger partial charge in [-0.05, 0) is 31.5 Å². The van der Waals surface area contributed by atoms with E-state index in [-0.39, 0.29) is 18.6 Å². The Morgan fingerprint density at radius 1 is 1.55 bits per heavy atom. The lowest BCUT2D eigenvalue weighted by Crippen LogP contribution is -2.44. The topological polar surface area (TPSA) is 40.5 Å². The van der Waals surface area contributed by atoms with Crippen LogP contribution in [-0.4, -0.2) is 46.6 Å². The third-order valence-electron chi connectivity index (χ3n) is 3.42. The molecular weight excluding hydrogens is 270 g/mol. The normalized spacial score (nSPS) is 18.4. The fraction of sp³-hybridized carbons (Fsp3) is 0.438. The summed E-state index contributed by atoms with van der Waals surface area (Å²) in [6, 6.07) is 5.87. The van der Waals surface area contributed by atoms with Crippen LogP contribution in [0.4, 0.5) is 0 Å². The van der Waals surface area contributed by atoms with Gasteiger partial charge in [-0.25, -0.2) is 0 Å². The molecule has 2 rings (SSSR count). The quantitative estimate of drug-likeness (QED) is 0.803. The molecule has 0 radical (unpaired) electrons. The van der Waals surface area contributed by atoms with E-state index >= 15 is 0 Å². The van der Waals surface area contributed by atoms with E-state index in [0.717, 1.165) is 29.2 Å². The smallest absolute Gasteiger partial charge is 0.254 e. The molecule has 1 atom stereocenters. The molecule has 1 aromatic rings. The number of hydrogen-bond acceptors (Lipinski definition) is 3. The zero-order valence-corrected chi connectivity index (χ0v) is 12.7. The van der Waals surface area contributed by atoms with E-state index in [0.29, 0.717) is 5.56 Å². The molecule has 1 aromatic carbocycles. The highest BCUT2D eigenvalue weighted by atomic mass is 32.2. The Hall–Kier alpha value is -1.44. The van der Waals surface area contributed by atoms with Crippen LogP contribution in [0.15, 0.2) is 18.2 Å². The molecule has 3 nitrogen and oxygen atoms in total. The zero-order chi connectivity index (χ0) is 14.5. The van der Waals surface area contributed by atoms with Gasteiger partial charge in [0.25, 0.3) is 5.91 Å². The van der Waals surface area contributed by atoms with E-state index in [9.17, 15) is 4.79 Å². The predicted octanol–water partition coefficient (Wildman–Crippen LogP) is 1.92. The number of thioether (sulfide) groups is 1. The summed E-state index contributed by atoms with van der Waals surface area (Å²) in [4.78, 5) is 14.5. The molecule has 0 bridgehead atoms. The van der Waals surface area contributed by atoms with Gasteiger partial charge in [-0.2, -0.15) is 11.8 Å². The van der Waals surface area contributed by atoms with Gasteiger partial charge in [-0.3, -0.25) is 4.79 Å². The Labute approximate surface area is 124 Å². The number of carbonyl (C=O) groups is 1. The summed E-state index contributed by atoms with van der Waals surface area (Å²) in [5.41, 5.74) is 2.50. The largest absolute Gasteiger partial charge is 0.384 e. The van der Waals surface area contributed by atoms with E-state index < -0.39 is 0 Å². The van der Waals surface area contributed by atoms with Crippen LogP contribution in [0.3, 0.4) is 0 Å². The SMILES string of the molecule is Cc1ccc(C(=O)N2CCSCC2C)cc1C#CCO. The zero-order valence-electron chi connectivity index (χ0n) is 11.8. The third-order valence-corrected chi connectivity index (χ3v) is 4.60. The van der Waals surface area contributed by atoms with Crippen molar-refractivity contribution in [1.82, 2.24) is 4.90 Å². The maximum absolute atomic E-state index is 12.6. The molecule has 1 aliphatic rings. The summed E-state index contributed by atoms with van der Waals surface area (Å²) in [5.74, 6) is 7.60. The lowest BCUT2D eigenvalue weighted by molar-refractivity contribution is 0.0716. The Morgan fingerprint density at radius 2 is 2.35 bits per heavy atom. The van der Waals surface area contributed by atoms with Crippen LogP contribution in [0.5, 0.6) is 0 Å². The second-order valence-electron chi connectivity index (χ2n) is 4.91. The van der Waals surface area contributed by atoms with Crippen LogP contribution in [0.1, 0.15) is 28.4 Å². The van der Waals surface area contributed by atoms with Gasteiger partial charge in [0.05, 0.1) is 0 Å². The van der Waals surface area contributed by atoms with Crippen molar-refractivity contribution < 1.29 is 9.90 Å². The summed E-state index contributed by atoms with van der Waals surface area (Å²) in [5, 5.41) is 8.78. The van der Waals surface area contributed by atoms with E-state index in [1.54, 1.807) is 0 Å². The Morgan fingerprint density at radius 3 is 3.05 bits per heavy atom. The van der Waals surface area contributed by atoms with Gasteiger partial charge in [-0.1, -0.05) is 17.9 Å². The molecule has 1 fully saturated rings. The van der Waals surface area contributed by atoms with Gasteiger partial charge < -0.3 is 10.0 Å². The van der Waals surface area contributed by atoms with Crippen molar-refractivity contribution >= 4 is 17.7 Å². The van der Waals surface area contributed by atoms with Gasteiger partial charge in [-0.15, -0.1) is 0 Å². The predicted molar refractivity (Wildman–Crippen MR) is 83.0 cm³/mol. The number of hydrogen-bond donors (Lipinski definition) is 1. The lowest BCUT2D eigenvalue weighted by atomic mass is 10.0. The third kappa shape index (κ3) is 3.36. The first-order chi connectivity index (χ1) is 9.63. The summed E-state index contributed by atoms with van der Waals surface area (Å²) in [6.07, 6.45) is 0. The van der Waals surface area contributed by atoms with Crippen LogP contribution in [0.25, 0.3) is 0 Å². The van der Waals surface area contributed by atoms with Crippen LogP contribution >= 0.6 is 11.8 Å². The molecule has 4 heteroatoms. The van der Waals surface area contributed by atoms with E-state index in [4.69, 9.17) is 5.11 Å². The highest BCUT2D eigenvalue weighted by Crippen LogP contribution is 2.20. The highest BCUT2D eigenvalue weighted by Gasteiger charge is 2.24. The van der Waals surface area contributed by atoms with Crippen molar-refractivity contribution in [2.45, 2.75) is 19.9 Å². The van der Waals surface area contributed by atoms with E-state index in [1.165, 1.54) is 0 Å². The Bertz CT molecular complexity index is 559. The number of aliphatic hydroxyl groups is 1. The van der Waals surface area contributed by atoms with Gasteiger partial charge >= 0.3 is 0 Å². The van der Waals surface area contributed by atoms with Crippen LogP contribution in [0, 0.1) is 18.8 Å². The van der Waals surface area contributed by atoms with Crippen molar-refractivity contribution in [3.63, 3.8) is 0 Å². The fourth-order valence-corrected chi connectivity index (χ4v) is 3.23. The first kappa shape index (κ1) is 15.0. The molecule has 106 valence electrons. The molecule has 0 spiro atoms.